The van der Waals surface area contributed by atoms with Crippen LogP contribution in [0.5, 0.6) is 5.75 Å². The summed E-state index contributed by atoms with van der Waals surface area (Å²) in [7, 11) is 4.15. The molecule has 56 heavy (non-hydrogen) atoms. The molecule has 9 rings (SSSR count). The van der Waals surface area contributed by atoms with E-state index in [9.17, 15) is 5.11 Å². The van der Waals surface area contributed by atoms with Gasteiger partial charge < -0.3 is 24.0 Å². The first-order chi connectivity index (χ1) is 27.2. The summed E-state index contributed by atoms with van der Waals surface area (Å²) < 4.78 is 3.98. The molecule has 2 aliphatic rings. The summed E-state index contributed by atoms with van der Waals surface area (Å²) in [5, 5.41) is 12.4. The number of halogens is 1. The molecule has 2 aromatic heterocycles. The Balaban J connectivity index is 1.14. The predicted molar refractivity (Wildman–Crippen MR) is 224 cm³/mol. The van der Waals surface area contributed by atoms with E-state index >= 15 is 9.59 Å². The fraction of sp³-hybridized carbons (Fsp3) is 0.217. The van der Waals surface area contributed by atoms with Crippen LogP contribution >= 0.6 is 11.6 Å². The van der Waals surface area contributed by atoms with Crippen LogP contribution in [0.3, 0.4) is 0 Å². The van der Waals surface area contributed by atoms with Gasteiger partial charge in [-0.3, -0.25) is 19.4 Å². The second kappa shape index (κ2) is 14.7. The van der Waals surface area contributed by atoms with Gasteiger partial charge >= 0.3 is 0 Å². The Labute approximate surface area is 331 Å². The summed E-state index contributed by atoms with van der Waals surface area (Å²) in [6.45, 7) is 5.25. The summed E-state index contributed by atoms with van der Waals surface area (Å²) in [6.07, 6.45) is 4.61. The van der Waals surface area contributed by atoms with Crippen molar-refractivity contribution in [1.82, 2.24) is 23.8 Å². The first-order valence-corrected chi connectivity index (χ1v) is 19.5. The molecule has 4 heterocycles. The zero-order chi connectivity index (χ0) is 38.5. The molecule has 1 saturated heterocycles. The zero-order valence-electron chi connectivity index (χ0n) is 31.5. The van der Waals surface area contributed by atoms with Crippen molar-refractivity contribution in [2.45, 2.75) is 19.0 Å². The third kappa shape index (κ3) is 6.61. The SMILES string of the molecule is CN1CCN(C[C@@H]2Cc3ccccc3CN2C(=O)c2ccc(Cl)cc2-n2cc(C(=O)N(c3ccc(O)cc3)c3ccc4c(ccn4C)c3)c3ccccc32)CC1. The number of phenolic OH excluding ortho intramolecular Hbond substituents is 1. The molecule has 2 aliphatic heterocycles. The average molecular weight is 763 g/mol. The number of hydrogen-bond donors (Lipinski definition) is 1. The molecule has 9 nitrogen and oxygen atoms in total. The van der Waals surface area contributed by atoms with E-state index in [2.05, 4.69) is 35.0 Å². The fourth-order valence-electron chi connectivity index (χ4n) is 8.42. The number of nitrogens with zero attached hydrogens (tertiary/aromatic N) is 6. The number of para-hydroxylation sites is 1. The zero-order valence-corrected chi connectivity index (χ0v) is 32.2. The van der Waals surface area contributed by atoms with Crippen LogP contribution in [0.25, 0.3) is 27.5 Å². The number of carbonyl (C=O) groups excluding carboxylic acids is 2. The second-order valence-electron chi connectivity index (χ2n) is 15.1. The van der Waals surface area contributed by atoms with Crippen molar-refractivity contribution in [3.63, 3.8) is 0 Å². The van der Waals surface area contributed by atoms with Gasteiger partial charge in [0, 0.05) is 97.4 Å². The molecule has 0 radical (unpaired) electrons. The van der Waals surface area contributed by atoms with Crippen LogP contribution in [-0.4, -0.2) is 86.6 Å². The highest BCUT2D eigenvalue weighted by Gasteiger charge is 2.34. The van der Waals surface area contributed by atoms with Crippen molar-refractivity contribution in [2.75, 3.05) is 44.7 Å². The summed E-state index contributed by atoms with van der Waals surface area (Å²) in [5.74, 6) is -0.217. The van der Waals surface area contributed by atoms with E-state index in [1.807, 2.05) is 100 Å². The average Bonchev–Trinajstić information content (AvgIpc) is 3.79. The highest BCUT2D eigenvalue weighted by atomic mass is 35.5. The molecule has 10 heteroatoms. The van der Waals surface area contributed by atoms with Gasteiger partial charge in [-0.25, -0.2) is 0 Å². The summed E-state index contributed by atoms with van der Waals surface area (Å²) in [4.78, 5) is 38.7. The molecule has 0 saturated carbocycles. The lowest BCUT2D eigenvalue weighted by Gasteiger charge is -2.41. The Morgan fingerprint density at radius 2 is 1.50 bits per heavy atom. The van der Waals surface area contributed by atoms with E-state index in [1.165, 1.54) is 5.56 Å². The Morgan fingerprint density at radius 1 is 0.768 bits per heavy atom. The third-order valence-corrected chi connectivity index (χ3v) is 11.7. The summed E-state index contributed by atoms with van der Waals surface area (Å²) >= 11 is 6.74. The van der Waals surface area contributed by atoms with Crippen LogP contribution < -0.4 is 4.90 Å². The lowest BCUT2D eigenvalue weighted by atomic mass is 9.92. The number of hydrogen-bond acceptors (Lipinski definition) is 5. The number of likely N-dealkylation sites (N-methyl/N-ethyl adjacent to an activating group) is 1. The summed E-state index contributed by atoms with van der Waals surface area (Å²) in [5.41, 5.74) is 7.14. The molecule has 0 aliphatic carbocycles. The number of anilines is 2. The fourth-order valence-corrected chi connectivity index (χ4v) is 8.59. The monoisotopic (exact) mass is 762 g/mol. The number of carbonyl (C=O) groups is 2. The maximum Gasteiger partial charge on any atom is 0.265 e. The van der Waals surface area contributed by atoms with Crippen molar-refractivity contribution >= 4 is 56.6 Å². The van der Waals surface area contributed by atoms with Crippen LogP contribution in [0.1, 0.15) is 31.8 Å². The largest absolute Gasteiger partial charge is 0.508 e. The number of aromatic nitrogens is 2. The van der Waals surface area contributed by atoms with Crippen LogP contribution in [0.2, 0.25) is 5.02 Å². The van der Waals surface area contributed by atoms with E-state index in [0.29, 0.717) is 39.8 Å². The van der Waals surface area contributed by atoms with Crippen molar-refractivity contribution < 1.29 is 14.7 Å². The maximum absolute atomic E-state index is 15.1. The van der Waals surface area contributed by atoms with Gasteiger partial charge in [0.1, 0.15) is 5.75 Å². The van der Waals surface area contributed by atoms with Crippen LogP contribution in [0.15, 0.2) is 128 Å². The molecule has 5 aromatic carbocycles. The molecule has 7 aromatic rings. The van der Waals surface area contributed by atoms with E-state index in [1.54, 1.807) is 35.2 Å². The number of phenols is 1. The first kappa shape index (κ1) is 35.8. The quantitative estimate of drug-likeness (QED) is 0.177. The van der Waals surface area contributed by atoms with Crippen LogP contribution in [0.4, 0.5) is 11.4 Å². The third-order valence-electron chi connectivity index (χ3n) is 11.5. The van der Waals surface area contributed by atoms with Gasteiger partial charge in [0.05, 0.1) is 22.3 Å². The number of piperazine rings is 1. The smallest absolute Gasteiger partial charge is 0.265 e. The van der Waals surface area contributed by atoms with Gasteiger partial charge in [-0.15, -0.1) is 0 Å². The Kier molecular flexibility index (Phi) is 9.37. The summed E-state index contributed by atoms with van der Waals surface area (Å²) in [6, 6.07) is 36.2. The highest BCUT2D eigenvalue weighted by Crippen LogP contribution is 2.36. The molecule has 0 unspecified atom stereocenters. The van der Waals surface area contributed by atoms with Crippen molar-refractivity contribution in [2.24, 2.45) is 7.05 Å². The van der Waals surface area contributed by atoms with Gasteiger partial charge in [0.2, 0.25) is 0 Å². The van der Waals surface area contributed by atoms with E-state index in [-0.39, 0.29) is 23.6 Å². The maximum atomic E-state index is 15.1. The van der Waals surface area contributed by atoms with E-state index in [4.69, 9.17) is 11.6 Å². The van der Waals surface area contributed by atoms with E-state index in [0.717, 1.165) is 66.5 Å². The Hall–Kier alpha value is -5.87. The lowest BCUT2D eigenvalue weighted by molar-refractivity contribution is 0.0536. The predicted octanol–water partition coefficient (Wildman–Crippen LogP) is 8.27. The molecule has 1 N–H and O–H groups in total. The van der Waals surface area contributed by atoms with E-state index < -0.39 is 0 Å². The Bertz CT molecular complexity index is 2600. The number of fused-ring (bicyclic) bond motifs is 3. The molecule has 1 atom stereocenters. The standard InChI is InChI=1S/C46H43ClN6O3/c1-48-21-23-50(24-22-48)29-37-25-31-7-3-4-8-33(31)28-51(37)45(55)40-17-11-34(47)27-44(40)52-30-41(39-9-5-6-10-43(39)52)46(56)53(35-12-15-38(54)16-13-35)36-14-18-42-32(26-36)19-20-49(42)2/h3-20,26-27,30,37,54H,21-25,28-29H2,1-2H3/t37-/m0/s1. The van der Waals surface area contributed by atoms with Gasteiger partial charge in [-0.2, -0.15) is 0 Å². The van der Waals surface area contributed by atoms with Crippen molar-refractivity contribution in [3.8, 4) is 11.4 Å². The van der Waals surface area contributed by atoms with Gasteiger partial charge in [-0.05, 0) is 97.4 Å². The molecule has 0 bridgehead atoms. The Morgan fingerprint density at radius 3 is 2.30 bits per heavy atom. The van der Waals surface area contributed by atoms with Gasteiger partial charge in [0.15, 0.2) is 0 Å². The number of aromatic hydroxyl groups is 1. The molecule has 282 valence electrons. The first-order valence-electron chi connectivity index (χ1n) is 19.1. The molecule has 0 spiro atoms. The molecule has 2 amide bonds. The topological polar surface area (TPSA) is 77.2 Å². The van der Waals surface area contributed by atoms with Gasteiger partial charge in [-0.1, -0.05) is 54.1 Å². The minimum atomic E-state index is -0.254. The highest BCUT2D eigenvalue weighted by molar-refractivity contribution is 6.31. The van der Waals surface area contributed by atoms with Gasteiger partial charge in [0.25, 0.3) is 11.8 Å². The minimum absolute atomic E-state index is 0.0105. The number of rotatable bonds is 7. The number of amides is 2. The molecular formula is C46H43ClN6O3. The number of benzene rings is 5. The second-order valence-corrected chi connectivity index (χ2v) is 15.5. The normalized spacial score (nSPS) is 16.3. The van der Waals surface area contributed by atoms with Crippen molar-refractivity contribution in [3.05, 3.63) is 155 Å². The van der Waals surface area contributed by atoms with Crippen LogP contribution in [-0.2, 0) is 20.0 Å². The molecular weight excluding hydrogens is 720 g/mol. The van der Waals surface area contributed by atoms with Crippen LogP contribution in [0, 0.1) is 0 Å². The molecule has 1 fully saturated rings. The minimum Gasteiger partial charge on any atom is -0.508 e. The van der Waals surface area contributed by atoms with Crippen molar-refractivity contribution in [1.29, 1.82) is 0 Å². The number of aryl methyl sites for hydroxylation is 1. The lowest BCUT2D eigenvalue weighted by Crippen LogP contribution is -2.53.